The van der Waals surface area contributed by atoms with Crippen molar-refractivity contribution in [1.82, 2.24) is 5.32 Å². The Balaban J connectivity index is 1.83. The second-order valence-corrected chi connectivity index (χ2v) is 10.7. The molecule has 0 spiro atoms. The molecule has 3 aromatic rings. The van der Waals surface area contributed by atoms with Crippen molar-refractivity contribution in [3.63, 3.8) is 0 Å². The lowest BCUT2D eigenvalue weighted by Crippen LogP contribution is -2.50. The number of aliphatic hydroxyl groups is 1. The smallest absolute Gasteiger partial charge is 0.252 e. The molecule has 1 amide bonds. The van der Waals surface area contributed by atoms with E-state index in [-0.39, 0.29) is 31.4 Å². The van der Waals surface area contributed by atoms with Crippen LogP contribution in [0.5, 0.6) is 5.75 Å². The summed E-state index contributed by atoms with van der Waals surface area (Å²) in [6.07, 6.45) is 1.52. The number of ether oxygens (including phenoxy) is 2. The van der Waals surface area contributed by atoms with Gasteiger partial charge in [-0.3, -0.25) is 4.79 Å². The lowest BCUT2D eigenvalue weighted by Gasteiger charge is -2.32. The molecule has 9 nitrogen and oxygen atoms in total. The number of benzene rings is 3. The highest BCUT2D eigenvalue weighted by molar-refractivity contribution is 6.35. The zero-order valence-electron chi connectivity index (χ0n) is 23.3. The topological polar surface area (TPSA) is 129 Å². The molecule has 0 radical (unpaired) electrons. The van der Waals surface area contributed by atoms with Crippen LogP contribution in [0.4, 0.5) is 0 Å². The predicted molar refractivity (Wildman–Crippen MR) is 164 cm³/mol. The summed E-state index contributed by atoms with van der Waals surface area (Å²) in [6, 6.07) is 19.8. The molecule has 0 saturated carbocycles. The number of carbonyl (C=O) groups is 1. The summed E-state index contributed by atoms with van der Waals surface area (Å²) < 4.78 is 12.2. The molecule has 220 valence electrons. The SMILES string of the molecule is CCCCNC(=O)[C@]1(Cc2ccccc2CN=[N+]=[N-])N=C(c2ccc(OCCCO)cc2)O[C@@H]1c1ccc(Cl)cc1Cl. The Morgan fingerprint density at radius 1 is 1.14 bits per heavy atom. The second kappa shape index (κ2) is 14.9. The molecule has 1 aliphatic heterocycles. The zero-order chi connectivity index (χ0) is 30.0. The second-order valence-electron chi connectivity index (χ2n) is 9.90. The van der Waals surface area contributed by atoms with Gasteiger partial charge in [-0.1, -0.05) is 72.0 Å². The van der Waals surface area contributed by atoms with Crippen LogP contribution in [-0.4, -0.2) is 42.2 Å². The third-order valence-electron chi connectivity index (χ3n) is 6.97. The fraction of sp³-hybridized carbons (Fsp3) is 0.355. The van der Waals surface area contributed by atoms with E-state index in [2.05, 4.69) is 22.3 Å². The number of aliphatic hydroxyl groups excluding tert-OH is 1. The number of hydrogen-bond acceptors (Lipinski definition) is 6. The van der Waals surface area contributed by atoms with Crippen LogP contribution in [-0.2, 0) is 22.5 Å². The fourth-order valence-corrected chi connectivity index (χ4v) is 5.30. The van der Waals surface area contributed by atoms with E-state index in [9.17, 15) is 4.79 Å². The maximum absolute atomic E-state index is 14.2. The maximum Gasteiger partial charge on any atom is 0.252 e. The van der Waals surface area contributed by atoms with E-state index in [1.807, 2.05) is 36.4 Å². The Bertz CT molecular complexity index is 1460. The van der Waals surface area contributed by atoms with Gasteiger partial charge in [-0.15, -0.1) is 0 Å². The minimum atomic E-state index is -1.44. The van der Waals surface area contributed by atoms with Crippen molar-refractivity contribution < 1.29 is 19.4 Å². The van der Waals surface area contributed by atoms with Gasteiger partial charge in [0.05, 0.1) is 13.2 Å². The quantitative estimate of drug-likeness (QED) is 0.0883. The van der Waals surface area contributed by atoms with Crippen molar-refractivity contribution in [2.24, 2.45) is 10.1 Å². The van der Waals surface area contributed by atoms with E-state index in [4.69, 9.17) is 48.3 Å². The maximum atomic E-state index is 14.2. The van der Waals surface area contributed by atoms with Crippen LogP contribution in [0.15, 0.2) is 76.8 Å². The number of nitrogens with zero attached hydrogens (tertiary/aromatic N) is 4. The van der Waals surface area contributed by atoms with E-state index in [1.165, 1.54) is 0 Å². The third-order valence-corrected chi connectivity index (χ3v) is 7.54. The Kier molecular flexibility index (Phi) is 11.1. The van der Waals surface area contributed by atoms with Crippen molar-refractivity contribution in [2.45, 2.75) is 50.8 Å². The first-order chi connectivity index (χ1) is 20.4. The predicted octanol–water partition coefficient (Wildman–Crippen LogP) is 6.98. The molecule has 42 heavy (non-hydrogen) atoms. The number of aliphatic imine (C=N–C) groups is 1. The van der Waals surface area contributed by atoms with Crippen molar-refractivity contribution in [3.8, 4) is 5.75 Å². The van der Waals surface area contributed by atoms with Gasteiger partial charge in [-0.2, -0.15) is 0 Å². The van der Waals surface area contributed by atoms with Gasteiger partial charge in [0, 0.05) is 52.1 Å². The molecule has 0 saturated heterocycles. The molecule has 4 rings (SSSR count). The first-order valence-corrected chi connectivity index (χ1v) is 14.6. The molecule has 0 unspecified atom stereocenters. The molecule has 3 aromatic carbocycles. The summed E-state index contributed by atoms with van der Waals surface area (Å²) in [5, 5.41) is 16.7. The molecule has 2 N–H and O–H groups in total. The Hall–Kier alpha value is -3.75. The van der Waals surface area contributed by atoms with Crippen LogP contribution in [0.25, 0.3) is 10.4 Å². The standard InChI is InChI=1S/C31H33Cl2N5O4/c1-2-3-15-35-30(40)31(19-22-7-4-5-8-23(22)20-36-38-34)28(26-14-11-24(32)18-27(26)33)42-29(37-31)21-9-12-25(13-10-21)41-17-6-16-39/h4-5,7-14,18,28,39H,2-3,6,15-17,19-20H2,1H3,(H,35,40)/t28-,31-/m1/s1. The lowest BCUT2D eigenvalue weighted by molar-refractivity contribution is -0.128. The summed E-state index contributed by atoms with van der Waals surface area (Å²) in [4.78, 5) is 22.2. The number of nitrogens with one attached hydrogen (secondary N) is 1. The van der Waals surface area contributed by atoms with E-state index in [1.54, 1.807) is 30.3 Å². The molecular formula is C31H33Cl2N5O4. The van der Waals surface area contributed by atoms with Gasteiger partial charge in [-0.05, 0) is 59.5 Å². The molecule has 11 heteroatoms. The van der Waals surface area contributed by atoms with E-state index < -0.39 is 11.6 Å². The number of azide groups is 1. The summed E-state index contributed by atoms with van der Waals surface area (Å²) >= 11 is 12.9. The minimum Gasteiger partial charge on any atom is -0.494 e. The number of rotatable bonds is 14. The van der Waals surface area contributed by atoms with Crippen molar-refractivity contribution in [1.29, 1.82) is 0 Å². The number of carbonyl (C=O) groups excluding carboxylic acids is 1. The summed E-state index contributed by atoms with van der Waals surface area (Å²) in [7, 11) is 0. The Labute approximate surface area is 255 Å². The monoisotopic (exact) mass is 609 g/mol. The van der Waals surface area contributed by atoms with Crippen molar-refractivity contribution in [2.75, 3.05) is 19.8 Å². The third kappa shape index (κ3) is 7.36. The molecule has 0 fully saturated rings. The molecule has 0 aromatic heterocycles. The zero-order valence-corrected chi connectivity index (χ0v) is 24.8. The highest BCUT2D eigenvalue weighted by atomic mass is 35.5. The van der Waals surface area contributed by atoms with Crippen molar-refractivity contribution in [3.05, 3.63) is 109 Å². The van der Waals surface area contributed by atoms with Gasteiger partial charge in [0.25, 0.3) is 5.91 Å². The normalized spacial score (nSPS) is 17.6. The molecule has 1 aliphatic rings. The van der Waals surface area contributed by atoms with E-state index in [0.29, 0.717) is 46.5 Å². The van der Waals surface area contributed by atoms with Crippen LogP contribution < -0.4 is 10.1 Å². The molecule has 0 bridgehead atoms. The Morgan fingerprint density at radius 2 is 1.90 bits per heavy atom. The molecule has 1 heterocycles. The fourth-order valence-electron chi connectivity index (χ4n) is 4.79. The first-order valence-electron chi connectivity index (χ1n) is 13.8. The van der Waals surface area contributed by atoms with Crippen molar-refractivity contribution >= 4 is 35.0 Å². The van der Waals surface area contributed by atoms with Gasteiger partial charge in [0.2, 0.25) is 5.90 Å². The average molecular weight is 611 g/mol. The van der Waals surface area contributed by atoms with Gasteiger partial charge in [0.15, 0.2) is 11.6 Å². The average Bonchev–Trinajstić information content (AvgIpc) is 3.37. The highest BCUT2D eigenvalue weighted by Crippen LogP contribution is 2.45. The van der Waals surface area contributed by atoms with Crippen LogP contribution in [0.2, 0.25) is 10.0 Å². The van der Waals surface area contributed by atoms with Crippen LogP contribution >= 0.6 is 23.2 Å². The van der Waals surface area contributed by atoms with Gasteiger partial charge < -0.3 is 19.9 Å². The first kappa shape index (κ1) is 31.2. The largest absolute Gasteiger partial charge is 0.494 e. The number of unbranched alkanes of at least 4 members (excludes halogenated alkanes) is 1. The van der Waals surface area contributed by atoms with E-state index >= 15 is 0 Å². The van der Waals surface area contributed by atoms with Gasteiger partial charge >= 0.3 is 0 Å². The van der Waals surface area contributed by atoms with E-state index in [0.717, 1.165) is 24.0 Å². The van der Waals surface area contributed by atoms with Gasteiger partial charge in [-0.25, -0.2) is 4.99 Å². The summed E-state index contributed by atoms with van der Waals surface area (Å²) in [6.45, 7) is 3.09. The number of halogens is 2. The molecule has 0 aliphatic carbocycles. The van der Waals surface area contributed by atoms with Crippen LogP contribution in [0.3, 0.4) is 0 Å². The van der Waals surface area contributed by atoms with Crippen LogP contribution in [0, 0.1) is 0 Å². The number of hydrogen-bond donors (Lipinski definition) is 2. The minimum absolute atomic E-state index is 0.0474. The number of amides is 1. The van der Waals surface area contributed by atoms with Crippen LogP contribution in [0.1, 0.15) is 54.5 Å². The summed E-state index contributed by atoms with van der Waals surface area (Å²) in [5.74, 6) is 0.620. The Morgan fingerprint density at radius 3 is 2.60 bits per heavy atom. The molecular weight excluding hydrogens is 577 g/mol. The van der Waals surface area contributed by atoms with Gasteiger partial charge in [0.1, 0.15) is 5.75 Å². The lowest BCUT2D eigenvalue weighted by atomic mass is 9.80. The highest BCUT2D eigenvalue weighted by Gasteiger charge is 2.54. The molecule has 2 atom stereocenters. The summed E-state index contributed by atoms with van der Waals surface area (Å²) in [5.41, 5.74) is 10.3.